The number of rotatable bonds is 6. The molecule has 2 N–H and O–H groups in total. The second kappa shape index (κ2) is 6.79. The van der Waals surface area contributed by atoms with Crippen LogP contribution in [0.25, 0.3) is 0 Å². The Hall–Kier alpha value is -1.08. The first-order valence-electron chi connectivity index (χ1n) is 5.93. The van der Waals surface area contributed by atoms with Crippen LogP contribution in [0.5, 0.6) is 0 Å². The average Bonchev–Trinajstić information content (AvgIpc) is 2.35. The fourth-order valence-electron chi connectivity index (χ4n) is 1.75. The van der Waals surface area contributed by atoms with Crippen molar-refractivity contribution in [1.29, 1.82) is 0 Å². The lowest BCUT2D eigenvalue weighted by molar-refractivity contribution is -0.138. The number of aliphatic carboxylic acids is 1. The standard InChI is InChI=1S/C13H15Cl2NO4S/c1-4-5-10(13(17)18)16-21(19,20)12-8(3)9(14)6-7(2)11(12)15/h4,6,10,16H,1,5H2,2-3H3,(H,17,18). The van der Waals surface area contributed by atoms with E-state index in [-0.39, 0.29) is 26.9 Å². The molecule has 1 unspecified atom stereocenters. The van der Waals surface area contributed by atoms with Gasteiger partial charge in [0.05, 0.1) is 5.02 Å². The number of hydrogen-bond acceptors (Lipinski definition) is 3. The first kappa shape index (κ1) is 18.0. The van der Waals surface area contributed by atoms with Gasteiger partial charge in [-0.15, -0.1) is 6.58 Å². The van der Waals surface area contributed by atoms with Crippen LogP contribution in [0, 0.1) is 13.8 Å². The maximum absolute atomic E-state index is 12.4. The molecule has 0 amide bonds. The van der Waals surface area contributed by atoms with Gasteiger partial charge < -0.3 is 5.11 Å². The molecule has 0 fully saturated rings. The van der Waals surface area contributed by atoms with Gasteiger partial charge in [-0.2, -0.15) is 4.72 Å². The molecule has 21 heavy (non-hydrogen) atoms. The van der Waals surface area contributed by atoms with E-state index in [4.69, 9.17) is 28.3 Å². The van der Waals surface area contributed by atoms with E-state index in [0.29, 0.717) is 5.56 Å². The SMILES string of the molecule is C=CCC(NS(=O)(=O)c1c(C)c(Cl)cc(C)c1Cl)C(=O)O. The van der Waals surface area contributed by atoms with Crippen LogP contribution in [-0.2, 0) is 14.8 Å². The molecule has 0 saturated heterocycles. The molecule has 0 spiro atoms. The smallest absolute Gasteiger partial charge is 0.322 e. The summed E-state index contributed by atoms with van der Waals surface area (Å²) in [6.07, 6.45) is 1.27. The Morgan fingerprint density at radius 3 is 2.52 bits per heavy atom. The van der Waals surface area contributed by atoms with Crippen molar-refractivity contribution in [2.75, 3.05) is 0 Å². The van der Waals surface area contributed by atoms with Crippen LogP contribution in [-0.4, -0.2) is 25.5 Å². The zero-order valence-corrected chi connectivity index (χ0v) is 13.8. The van der Waals surface area contributed by atoms with Gasteiger partial charge in [-0.1, -0.05) is 29.3 Å². The number of carboxylic acid groups (broad SMARTS) is 1. The second-order valence-corrected chi connectivity index (χ2v) is 6.92. The molecule has 0 aliphatic rings. The average molecular weight is 352 g/mol. The normalized spacial score (nSPS) is 13.0. The topological polar surface area (TPSA) is 83.5 Å². The minimum atomic E-state index is -4.13. The van der Waals surface area contributed by atoms with Crippen molar-refractivity contribution in [2.24, 2.45) is 0 Å². The predicted octanol–water partition coefficient (Wildman–Crippen LogP) is 2.92. The number of carbonyl (C=O) groups is 1. The molecule has 1 rings (SSSR count). The van der Waals surface area contributed by atoms with Crippen molar-refractivity contribution >= 4 is 39.2 Å². The number of hydrogen-bond donors (Lipinski definition) is 2. The Labute approximate surface area is 133 Å². The highest BCUT2D eigenvalue weighted by atomic mass is 35.5. The van der Waals surface area contributed by atoms with E-state index in [1.54, 1.807) is 13.0 Å². The molecule has 1 aromatic rings. The number of benzene rings is 1. The summed E-state index contributed by atoms with van der Waals surface area (Å²) in [5, 5.41) is 9.29. The highest BCUT2D eigenvalue weighted by Gasteiger charge is 2.29. The maximum Gasteiger partial charge on any atom is 0.322 e. The first-order chi connectivity index (χ1) is 9.61. The van der Waals surface area contributed by atoms with Gasteiger partial charge in [0.2, 0.25) is 10.0 Å². The lowest BCUT2D eigenvalue weighted by Gasteiger charge is -2.17. The molecule has 1 atom stereocenters. The van der Waals surface area contributed by atoms with E-state index in [0.717, 1.165) is 0 Å². The lowest BCUT2D eigenvalue weighted by Crippen LogP contribution is -2.40. The van der Waals surface area contributed by atoms with Gasteiger partial charge >= 0.3 is 5.97 Å². The largest absolute Gasteiger partial charge is 0.480 e. The fraction of sp³-hybridized carbons (Fsp3) is 0.308. The second-order valence-electron chi connectivity index (χ2n) is 4.48. The Bertz CT molecular complexity index is 660. The number of aryl methyl sites for hydroxylation is 1. The molecule has 8 heteroatoms. The van der Waals surface area contributed by atoms with Crippen LogP contribution in [0.3, 0.4) is 0 Å². The minimum Gasteiger partial charge on any atom is -0.480 e. The number of sulfonamides is 1. The molecule has 0 radical (unpaired) electrons. The molecule has 0 aliphatic heterocycles. The van der Waals surface area contributed by atoms with Gasteiger partial charge in [-0.05, 0) is 37.5 Å². The number of halogens is 2. The van der Waals surface area contributed by atoms with Gasteiger partial charge in [0.15, 0.2) is 0 Å². The molecule has 0 aliphatic carbocycles. The maximum atomic E-state index is 12.4. The van der Waals surface area contributed by atoms with E-state index in [2.05, 4.69) is 11.3 Å². The summed E-state index contributed by atoms with van der Waals surface area (Å²) in [6, 6.07) is 0.235. The van der Waals surface area contributed by atoms with Gasteiger partial charge in [-0.25, -0.2) is 8.42 Å². The summed E-state index contributed by atoms with van der Waals surface area (Å²) in [4.78, 5) is 10.9. The van der Waals surface area contributed by atoms with Crippen molar-refractivity contribution in [3.8, 4) is 0 Å². The molecule has 0 heterocycles. The summed E-state index contributed by atoms with van der Waals surface area (Å²) in [7, 11) is -4.13. The van der Waals surface area contributed by atoms with Gasteiger partial charge in [0, 0.05) is 5.02 Å². The zero-order chi connectivity index (χ0) is 16.4. The van der Waals surface area contributed by atoms with E-state index >= 15 is 0 Å². The van der Waals surface area contributed by atoms with Crippen LogP contribution in [0.4, 0.5) is 0 Å². The Morgan fingerprint density at radius 1 is 1.48 bits per heavy atom. The zero-order valence-electron chi connectivity index (χ0n) is 11.5. The lowest BCUT2D eigenvalue weighted by atomic mass is 10.2. The van der Waals surface area contributed by atoms with E-state index in [1.165, 1.54) is 13.0 Å². The Kier molecular flexibility index (Phi) is 5.81. The van der Waals surface area contributed by atoms with Crippen LogP contribution in [0.2, 0.25) is 10.0 Å². The van der Waals surface area contributed by atoms with Crippen LogP contribution in [0.1, 0.15) is 17.5 Å². The highest BCUT2D eigenvalue weighted by Crippen LogP contribution is 2.33. The molecular weight excluding hydrogens is 337 g/mol. The third kappa shape index (κ3) is 3.97. The summed E-state index contributed by atoms with van der Waals surface area (Å²) < 4.78 is 26.9. The van der Waals surface area contributed by atoms with Crippen molar-refractivity contribution < 1.29 is 18.3 Å². The monoisotopic (exact) mass is 351 g/mol. The van der Waals surface area contributed by atoms with Crippen LogP contribution >= 0.6 is 23.2 Å². The van der Waals surface area contributed by atoms with E-state index in [1.807, 2.05) is 0 Å². The quantitative estimate of drug-likeness (QED) is 0.771. The summed E-state index contributed by atoms with van der Waals surface area (Å²) in [5.41, 5.74) is 0.755. The number of carboxylic acids is 1. The van der Waals surface area contributed by atoms with Gasteiger partial charge in [0.1, 0.15) is 10.9 Å². The third-order valence-electron chi connectivity index (χ3n) is 2.85. The van der Waals surface area contributed by atoms with Crippen molar-refractivity contribution in [3.05, 3.63) is 39.9 Å². The highest BCUT2D eigenvalue weighted by molar-refractivity contribution is 7.89. The summed E-state index contributed by atoms with van der Waals surface area (Å²) in [5.74, 6) is -1.30. The van der Waals surface area contributed by atoms with Crippen molar-refractivity contribution in [1.82, 2.24) is 4.72 Å². The molecule has 1 aromatic carbocycles. The van der Waals surface area contributed by atoms with Crippen LogP contribution in [0.15, 0.2) is 23.6 Å². The molecule has 0 aromatic heterocycles. The predicted molar refractivity (Wildman–Crippen MR) is 82.5 cm³/mol. The van der Waals surface area contributed by atoms with Gasteiger partial charge in [-0.3, -0.25) is 4.79 Å². The van der Waals surface area contributed by atoms with Crippen LogP contribution < -0.4 is 4.72 Å². The van der Waals surface area contributed by atoms with Gasteiger partial charge in [0.25, 0.3) is 0 Å². The fourth-order valence-corrected chi connectivity index (χ4v) is 4.16. The third-order valence-corrected chi connectivity index (χ3v) is 5.49. The molecule has 5 nitrogen and oxygen atoms in total. The molecular formula is C13H15Cl2NO4S. The van der Waals surface area contributed by atoms with E-state index in [9.17, 15) is 13.2 Å². The summed E-state index contributed by atoms with van der Waals surface area (Å²) >= 11 is 12.0. The van der Waals surface area contributed by atoms with E-state index < -0.39 is 22.0 Å². The molecule has 0 bridgehead atoms. The molecule has 0 saturated carbocycles. The van der Waals surface area contributed by atoms with Crippen molar-refractivity contribution in [3.63, 3.8) is 0 Å². The first-order valence-corrected chi connectivity index (χ1v) is 8.17. The number of nitrogens with one attached hydrogen (secondary N) is 1. The molecule has 116 valence electrons. The Morgan fingerprint density at radius 2 is 2.05 bits per heavy atom. The van der Waals surface area contributed by atoms with Crippen molar-refractivity contribution in [2.45, 2.75) is 31.2 Å². The Balaban J connectivity index is 3.38. The summed E-state index contributed by atoms with van der Waals surface area (Å²) in [6.45, 7) is 6.53. The minimum absolute atomic E-state index is 0.0205.